The van der Waals surface area contributed by atoms with E-state index >= 15 is 0 Å². The first-order valence-electron chi connectivity index (χ1n) is 7.36. The molecule has 0 aliphatic carbocycles. The zero-order valence-electron chi connectivity index (χ0n) is 13.2. The Morgan fingerprint density at radius 3 is 2.25 bits per heavy atom. The number of hydrogen-bond acceptors (Lipinski definition) is 2. The molecule has 3 heteroatoms. The van der Waals surface area contributed by atoms with Gasteiger partial charge in [-0.25, -0.2) is 0 Å². The molecular weight excluding hydrogens is 248 g/mol. The van der Waals surface area contributed by atoms with Crippen LogP contribution >= 0.6 is 0 Å². The van der Waals surface area contributed by atoms with Crippen molar-refractivity contribution in [1.82, 2.24) is 5.32 Å². The predicted octanol–water partition coefficient (Wildman–Crippen LogP) is 3.19. The van der Waals surface area contributed by atoms with Gasteiger partial charge in [0.05, 0.1) is 0 Å². The van der Waals surface area contributed by atoms with Gasteiger partial charge in [0.2, 0.25) is 5.91 Å². The van der Waals surface area contributed by atoms with Crippen LogP contribution in [-0.4, -0.2) is 12.5 Å². The molecule has 3 N–H and O–H groups in total. The Balaban J connectivity index is 2.39. The van der Waals surface area contributed by atoms with Crippen molar-refractivity contribution in [3.8, 4) is 0 Å². The summed E-state index contributed by atoms with van der Waals surface area (Å²) >= 11 is 0. The van der Waals surface area contributed by atoms with Crippen molar-refractivity contribution in [3.63, 3.8) is 0 Å². The smallest absolute Gasteiger partial charge is 0.244 e. The molecule has 1 amide bonds. The number of unbranched alkanes of at least 4 members (excludes halogenated alkanes) is 1. The van der Waals surface area contributed by atoms with Gasteiger partial charge in [-0.3, -0.25) is 4.79 Å². The summed E-state index contributed by atoms with van der Waals surface area (Å²) in [6.45, 7) is 9.15. The van der Waals surface area contributed by atoms with Gasteiger partial charge in [-0.2, -0.15) is 0 Å². The molecule has 0 saturated carbocycles. The number of carbonyl (C=O) groups is 1. The van der Waals surface area contributed by atoms with Gasteiger partial charge in [0.1, 0.15) is 5.54 Å². The first-order chi connectivity index (χ1) is 9.23. The molecule has 0 heterocycles. The van der Waals surface area contributed by atoms with Gasteiger partial charge in [0, 0.05) is 6.54 Å². The molecular formula is C17H28N2O. The van der Waals surface area contributed by atoms with Crippen LogP contribution < -0.4 is 11.1 Å². The SMILES string of the molecule is CC(C)(C)CCCCNC(=O)C(C)(N)c1ccccc1. The number of hydrogen-bond donors (Lipinski definition) is 2. The standard InChI is InChI=1S/C17H28N2O/c1-16(2,3)12-8-9-13-19-15(20)17(4,18)14-10-6-5-7-11-14/h5-7,10-11H,8-9,12-13,18H2,1-4H3,(H,19,20). The van der Waals surface area contributed by atoms with Crippen molar-refractivity contribution in [1.29, 1.82) is 0 Å². The van der Waals surface area contributed by atoms with Crippen LogP contribution in [0.5, 0.6) is 0 Å². The van der Waals surface area contributed by atoms with E-state index in [1.54, 1.807) is 6.92 Å². The van der Waals surface area contributed by atoms with Gasteiger partial charge < -0.3 is 11.1 Å². The lowest BCUT2D eigenvalue weighted by Crippen LogP contribution is -2.49. The van der Waals surface area contributed by atoms with Crippen molar-refractivity contribution in [3.05, 3.63) is 35.9 Å². The number of amides is 1. The lowest BCUT2D eigenvalue weighted by atomic mass is 9.90. The third kappa shape index (κ3) is 5.33. The van der Waals surface area contributed by atoms with Crippen LogP contribution in [0.3, 0.4) is 0 Å². The van der Waals surface area contributed by atoms with Crippen LogP contribution in [0.1, 0.15) is 52.5 Å². The Labute approximate surface area is 122 Å². The van der Waals surface area contributed by atoms with Gasteiger partial charge in [-0.15, -0.1) is 0 Å². The summed E-state index contributed by atoms with van der Waals surface area (Å²) in [7, 11) is 0. The Bertz CT molecular complexity index is 418. The van der Waals surface area contributed by atoms with E-state index in [9.17, 15) is 4.79 Å². The van der Waals surface area contributed by atoms with E-state index in [-0.39, 0.29) is 5.91 Å². The van der Waals surface area contributed by atoms with Crippen LogP contribution in [0.4, 0.5) is 0 Å². The minimum atomic E-state index is -0.967. The topological polar surface area (TPSA) is 55.1 Å². The summed E-state index contributed by atoms with van der Waals surface area (Å²) in [5.41, 5.74) is 6.38. The fourth-order valence-corrected chi connectivity index (χ4v) is 2.08. The molecule has 112 valence electrons. The zero-order chi connectivity index (χ0) is 15.2. The molecule has 0 radical (unpaired) electrons. The first kappa shape index (κ1) is 16.7. The van der Waals surface area contributed by atoms with Crippen molar-refractivity contribution >= 4 is 5.91 Å². The third-order valence-corrected chi connectivity index (χ3v) is 3.48. The van der Waals surface area contributed by atoms with Crippen LogP contribution in [0.2, 0.25) is 0 Å². The maximum atomic E-state index is 12.2. The molecule has 0 fully saturated rings. The van der Waals surface area contributed by atoms with Gasteiger partial charge in [-0.05, 0) is 30.7 Å². The van der Waals surface area contributed by atoms with Gasteiger partial charge in [0.15, 0.2) is 0 Å². The molecule has 0 aromatic heterocycles. The lowest BCUT2D eigenvalue weighted by molar-refractivity contribution is -0.126. The van der Waals surface area contributed by atoms with Crippen molar-refractivity contribution in [2.24, 2.45) is 11.1 Å². The van der Waals surface area contributed by atoms with E-state index in [0.717, 1.165) is 18.4 Å². The summed E-state index contributed by atoms with van der Waals surface area (Å²) in [6, 6.07) is 9.50. The first-order valence-corrected chi connectivity index (χ1v) is 7.36. The Morgan fingerprint density at radius 2 is 1.70 bits per heavy atom. The van der Waals surface area contributed by atoms with E-state index < -0.39 is 5.54 Å². The van der Waals surface area contributed by atoms with E-state index in [4.69, 9.17) is 5.73 Å². The number of nitrogens with one attached hydrogen (secondary N) is 1. The second kappa shape index (κ2) is 6.89. The van der Waals surface area contributed by atoms with E-state index in [2.05, 4.69) is 26.1 Å². The molecule has 1 atom stereocenters. The molecule has 3 nitrogen and oxygen atoms in total. The number of nitrogens with two attached hydrogens (primary N) is 1. The van der Waals surface area contributed by atoms with Crippen LogP contribution in [0.25, 0.3) is 0 Å². The molecule has 20 heavy (non-hydrogen) atoms. The van der Waals surface area contributed by atoms with E-state index in [1.807, 2.05) is 30.3 Å². The third-order valence-electron chi connectivity index (χ3n) is 3.48. The fourth-order valence-electron chi connectivity index (χ4n) is 2.08. The Morgan fingerprint density at radius 1 is 1.10 bits per heavy atom. The summed E-state index contributed by atoms with van der Waals surface area (Å²) in [4.78, 5) is 12.2. The average molecular weight is 276 g/mol. The molecule has 1 unspecified atom stereocenters. The van der Waals surface area contributed by atoms with E-state index in [0.29, 0.717) is 12.0 Å². The van der Waals surface area contributed by atoms with Crippen LogP contribution in [0, 0.1) is 5.41 Å². The molecule has 1 rings (SSSR count). The van der Waals surface area contributed by atoms with Crippen molar-refractivity contribution in [2.45, 2.75) is 52.5 Å². The number of carbonyl (C=O) groups excluding carboxylic acids is 1. The molecule has 0 spiro atoms. The highest BCUT2D eigenvalue weighted by Gasteiger charge is 2.29. The molecule has 0 aliphatic rings. The minimum absolute atomic E-state index is 0.112. The highest BCUT2D eigenvalue weighted by Crippen LogP contribution is 2.21. The highest BCUT2D eigenvalue weighted by molar-refractivity contribution is 5.86. The van der Waals surface area contributed by atoms with Gasteiger partial charge in [0.25, 0.3) is 0 Å². The highest BCUT2D eigenvalue weighted by atomic mass is 16.2. The average Bonchev–Trinajstić information content (AvgIpc) is 2.37. The zero-order valence-corrected chi connectivity index (χ0v) is 13.2. The molecule has 1 aromatic carbocycles. The Kier molecular flexibility index (Phi) is 5.75. The van der Waals surface area contributed by atoms with Crippen LogP contribution in [0.15, 0.2) is 30.3 Å². The van der Waals surface area contributed by atoms with Crippen LogP contribution in [-0.2, 0) is 10.3 Å². The molecule has 0 saturated heterocycles. The number of rotatable bonds is 6. The summed E-state index contributed by atoms with van der Waals surface area (Å²) < 4.78 is 0. The molecule has 0 bridgehead atoms. The summed E-state index contributed by atoms with van der Waals surface area (Å²) in [5.74, 6) is -0.112. The summed E-state index contributed by atoms with van der Waals surface area (Å²) in [5, 5.41) is 2.94. The second-order valence-corrected chi connectivity index (χ2v) is 6.84. The van der Waals surface area contributed by atoms with Crippen molar-refractivity contribution < 1.29 is 4.79 Å². The van der Waals surface area contributed by atoms with Gasteiger partial charge >= 0.3 is 0 Å². The predicted molar refractivity (Wildman–Crippen MR) is 84.3 cm³/mol. The summed E-state index contributed by atoms with van der Waals surface area (Å²) in [6.07, 6.45) is 3.28. The largest absolute Gasteiger partial charge is 0.354 e. The quantitative estimate of drug-likeness (QED) is 0.784. The second-order valence-electron chi connectivity index (χ2n) is 6.84. The fraction of sp³-hybridized carbons (Fsp3) is 0.588. The maximum absolute atomic E-state index is 12.2. The van der Waals surface area contributed by atoms with E-state index in [1.165, 1.54) is 6.42 Å². The van der Waals surface area contributed by atoms with Crippen molar-refractivity contribution in [2.75, 3.05) is 6.54 Å². The normalized spacial score (nSPS) is 14.7. The molecule has 1 aromatic rings. The van der Waals surface area contributed by atoms with Gasteiger partial charge in [-0.1, -0.05) is 57.5 Å². The Hall–Kier alpha value is -1.35. The number of benzene rings is 1. The monoisotopic (exact) mass is 276 g/mol. The minimum Gasteiger partial charge on any atom is -0.354 e. The lowest BCUT2D eigenvalue weighted by Gasteiger charge is -2.24. The maximum Gasteiger partial charge on any atom is 0.244 e. The molecule has 0 aliphatic heterocycles.